The van der Waals surface area contributed by atoms with Crippen molar-refractivity contribution in [2.24, 2.45) is 5.41 Å². The van der Waals surface area contributed by atoms with Gasteiger partial charge in [-0.1, -0.05) is 30.3 Å². The van der Waals surface area contributed by atoms with Gasteiger partial charge >= 0.3 is 12.1 Å². The Kier molecular flexibility index (Phi) is 3.52. The number of aliphatic carboxylic acids is 1. The molecule has 0 aromatic heterocycles. The van der Waals surface area contributed by atoms with E-state index in [2.05, 4.69) is 0 Å². The number of carboxylic acid groups (broad SMARTS) is 1. The second-order valence-electron chi connectivity index (χ2n) is 5.78. The summed E-state index contributed by atoms with van der Waals surface area (Å²) in [5, 5.41) is 9.17. The molecule has 1 amide bonds. The molecule has 2 aliphatic rings. The van der Waals surface area contributed by atoms with Crippen LogP contribution in [-0.4, -0.2) is 54.0 Å². The molecule has 2 saturated heterocycles. The van der Waals surface area contributed by atoms with E-state index >= 15 is 0 Å². The molecule has 1 spiro atoms. The first-order valence-electron chi connectivity index (χ1n) is 6.93. The van der Waals surface area contributed by atoms with Gasteiger partial charge in [-0.15, -0.1) is 0 Å². The van der Waals surface area contributed by atoms with Gasteiger partial charge in [0.15, 0.2) is 0 Å². The van der Waals surface area contributed by atoms with E-state index in [1.54, 1.807) is 12.1 Å². The summed E-state index contributed by atoms with van der Waals surface area (Å²) in [6, 6.07) is 9.08. The average molecular weight is 309 g/mol. The Morgan fingerprint density at radius 3 is 2.45 bits per heavy atom. The van der Waals surface area contributed by atoms with Crippen molar-refractivity contribution in [3.05, 3.63) is 35.9 Å². The number of likely N-dealkylation sites (tertiary alicyclic amines) is 1. The predicted octanol–water partition coefficient (Wildman–Crippen LogP) is 1.45. The first kappa shape index (κ1) is 14.8. The third kappa shape index (κ3) is 2.21. The summed E-state index contributed by atoms with van der Waals surface area (Å²) in [5.41, 5.74) is -2.84. The van der Waals surface area contributed by atoms with Crippen LogP contribution in [0.25, 0.3) is 0 Å². The average Bonchev–Trinajstić information content (AvgIpc) is 2.81. The molecule has 0 saturated carbocycles. The first-order valence-corrected chi connectivity index (χ1v) is 6.93. The number of hydrogen-bond acceptors (Lipinski definition) is 4. The zero-order chi connectivity index (χ0) is 15.8. The van der Waals surface area contributed by atoms with Crippen LogP contribution in [0.1, 0.15) is 5.56 Å². The van der Waals surface area contributed by atoms with E-state index < -0.39 is 29.7 Å². The summed E-state index contributed by atoms with van der Waals surface area (Å²) in [6.45, 7) is -0.467. The Morgan fingerprint density at radius 2 is 1.95 bits per heavy atom. The van der Waals surface area contributed by atoms with Gasteiger partial charge in [-0.2, -0.15) is 0 Å². The van der Waals surface area contributed by atoms with Crippen molar-refractivity contribution in [1.29, 1.82) is 0 Å². The molecule has 0 radical (unpaired) electrons. The molecule has 2 aliphatic heterocycles. The van der Waals surface area contributed by atoms with Crippen LogP contribution in [0.4, 0.5) is 9.18 Å². The van der Waals surface area contributed by atoms with E-state index in [1.807, 2.05) is 18.2 Å². The topological polar surface area (TPSA) is 76.1 Å². The van der Waals surface area contributed by atoms with Gasteiger partial charge in [0.1, 0.15) is 6.61 Å². The number of halogens is 1. The molecule has 22 heavy (non-hydrogen) atoms. The van der Waals surface area contributed by atoms with Crippen LogP contribution >= 0.6 is 0 Å². The van der Waals surface area contributed by atoms with E-state index in [9.17, 15) is 19.1 Å². The number of carbonyl (C=O) groups is 2. The number of alkyl halides is 1. The standard InChI is InChI=1S/C15H16FNO5/c16-15(12(18)19)8-17(7-14(15)9-21-10-14)13(20)22-6-11-4-2-1-3-5-11/h1-5H,6-10H2,(H,18,19). The molecule has 2 fully saturated rings. The fourth-order valence-electron chi connectivity index (χ4n) is 2.88. The van der Waals surface area contributed by atoms with Crippen molar-refractivity contribution >= 4 is 12.1 Å². The molecule has 1 atom stereocenters. The number of amides is 1. The Hall–Kier alpha value is -2.15. The number of benzene rings is 1. The van der Waals surface area contributed by atoms with Crippen LogP contribution in [0, 0.1) is 5.41 Å². The Morgan fingerprint density at radius 1 is 1.27 bits per heavy atom. The summed E-state index contributed by atoms with van der Waals surface area (Å²) in [6.07, 6.45) is -0.712. The van der Waals surface area contributed by atoms with E-state index in [0.29, 0.717) is 0 Å². The first-order chi connectivity index (χ1) is 10.5. The smallest absolute Gasteiger partial charge is 0.410 e. The van der Waals surface area contributed by atoms with Gasteiger partial charge in [0, 0.05) is 6.54 Å². The maximum absolute atomic E-state index is 14.8. The van der Waals surface area contributed by atoms with Crippen LogP contribution in [0.2, 0.25) is 0 Å². The van der Waals surface area contributed by atoms with Crippen molar-refractivity contribution in [2.45, 2.75) is 12.3 Å². The summed E-state index contributed by atoms with van der Waals surface area (Å²) < 4.78 is 24.9. The third-order valence-corrected chi connectivity index (χ3v) is 4.30. The molecule has 1 aromatic rings. The molecular formula is C15H16FNO5. The van der Waals surface area contributed by atoms with Crippen molar-refractivity contribution in [1.82, 2.24) is 4.90 Å². The maximum atomic E-state index is 14.8. The largest absolute Gasteiger partial charge is 0.479 e. The SMILES string of the molecule is O=C(OCc1ccccc1)N1CC2(COC2)C(F)(C(=O)O)C1. The molecule has 7 heteroatoms. The van der Waals surface area contributed by atoms with Crippen LogP contribution in [0.3, 0.4) is 0 Å². The highest BCUT2D eigenvalue weighted by molar-refractivity contribution is 5.82. The molecule has 0 bridgehead atoms. The zero-order valence-corrected chi connectivity index (χ0v) is 11.8. The highest BCUT2D eigenvalue weighted by Gasteiger charge is 2.68. The number of carbonyl (C=O) groups excluding carboxylic acids is 1. The van der Waals surface area contributed by atoms with Crippen LogP contribution < -0.4 is 0 Å². The van der Waals surface area contributed by atoms with Gasteiger partial charge in [0.05, 0.1) is 25.2 Å². The minimum Gasteiger partial charge on any atom is -0.479 e. The normalized spacial score (nSPS) is 25.8. The Bertz CT molecular complexity index is 589. The summed E-state index contributed by atoms with van der Waals surface area (Å²) in [7, 11) is 0. The maximum Gasteiger partial charge on any atom is 0.410 e. The van der Waals surface area contributed by atoms with Crippen molar-refractivity contribution in [3.63, 3.8) is 0 Å². The van der Waals surface area contributed by atoms with Crippen molar-refractivity contribution in [3.8, 4) is 0 Å². The van der Waals surface area contributed by atoms with E-state index in [4.69, 9.17) is 9.47 Å². The van der Waals surface area contributed by atoms with Crippen LogP contribution in [-0.2, 0) is 20.9 Å². The fraction of sp³-hybridized carbons (Fsp3) is 0.467. The molecule has 1 unspecified atom stereocenters. The van der Waals surface area contributed by atoms with Gasteiger partial charge < -0.3 is 19.5 Å². The second kappa shape index (κ2) is 5.24. The lowest BCUT2D eigenvalue weighted by Gasteiger charge is -2.42. The van der Waals surface area contributed by atoms with E-state index in [0.717, 1.165) is 10.5 Å². The van der Waals surface area contributed by atoms with Crippen molar-refractivity contribution in [2.75, 3.05) is 26.3 Å². The number of carboxylic acids is 1. The minimum atomic E-state index is -2.49. The molecule has 2 heterocycles. The van der Waals surface area contributed by atoms with Gasteiger partial charge in [0.2, 0.25) is 5.67 Å². The second-order valence-corrected chi connectivity index (χ2v) is 5.78. The number of nitrogens with zero attached hydrogens (tertiary/aromatic N) is 1. The molecule has 6 nitrogen and oxygen atoms in total. The molecule has 118 valence electrons. The molecule has 1 N–H and O–H groups in total. The fourth-order valence-corrected chi connectivity index (χ4v) is 2.88. The van der Waals surface area contributed by atoms with E-state index in [1.165, 1.54) is 0 Å². The lowest BCUT2D eigenvalue weighted by molar-refractivity contribution is -0.192. The molecule has 1 aromatic carbocycles. The molecule has 0 aliphatic carbocycles. The number of ether oxygens (including phenoxy) is 2. The zero-order valence-electron chi connectivity index (χ0n) is 11.8. The van der Waals surface area contributed by atoms with Crippen molar-refractivity contribution < 1.29 is 28.6 Å². The van der Waals surface area contributed by atoms with Crippen LogP contribution in [0.5, 0.6) is 0 Å². The highest BCUT2D eigenvalue weighted by atomic mass is 19.1. The Labute approximate surface area is 126 Å². The van der Waals surface area contributed by atoms with Gasteiger partial charge in [-0.05, 0) is 5.56 Å². The number of hydrogen-bond donors (Lipinski definition) is 1. The molecular weight excluding hydrogens is 293 g/mol. The van der Waals surface area contributed by atoms with Crippen LogP contribution in [0.15, 0.2) is 30.3 Å². The van der Waals surface area contributed by atoms with Gasteiger partial charge in [0.25, 0.3) is 0 Å². The monoisotopic (exact) mass is 309 g/mol. The quantitative estimate of drug-likeness (QED) is 0.914. The lowest BCUT2D eigenvalue weighted by Crippen LogP contribution is -2.60. The summed E-state index contributed by atoms with van der Waals surface area (Å²) >= 11 is 0. The summed E-state index contributed by atoms with van der Waals surface area (Å²) in [4.78, 5) is 24.4. The van der Waals surface area contributed by atoms with Gasteiger partial charge in [-0.25, -0.2) is 14.0 Å². The predicted molar refractivity (Wildman–Crippen MR) is 72.9 cm³/mol. The van der Waals surface area contributed by atoms with E-state index in [-0.39, 0.29) is 26.4 Å². The molecule has 3 rings (SSSR count). The summed E-state index contributed by atoms with van der Waals surface area (Å²) in [5.74, 6) is -1.56. The highest BCUT2D eigenvalue weighted by Crippen LogP contribution is 2.48. The number of rotatable bonds is 3. The van der Waals surface area contributed by atoms with Gasteiger partial charge in [-0.3, -0.25) is 0 Å². The third-order valence-electron chi connectivity index (χ3n) is 4.30. The minimum absolute atomic E-state index is 0.00172. The Balaban J connectivity index is 1.66. The lowest BCUT2D eigenvalue weighted by atomic mass is 9.74.